The van der Waals surface area contributed by atoms with Crippen molar-refractivity contribution in [2.45, 2.75) is 24.6 Å². The molecule has 2 aliphatic heterocycles. The molecule has 0 radical (unpaired) electrons. The zero-order valence-corrected chi connectivity index (χ0v) is 17.1. The van der Waals surface area contributed by atoms with Gasteiger partial charge in [-0.1, -0.05) is 17.7 Å². The molecule has 0 aliphatic carbocycles. The van der Waals surface area contributed by atoms with Crippen molar-refractivity contribution in [3.63, 3.8) is 0 Å². The zero-order valence-electron chi connectivity index (χ0n) is 16.3. The van der Waals surface area contributed by atoms with Crippen molar-refractivity contribution in [2.75, 3.05) is 13.1 Å². The number of hydrogen-bond donors (Lipinski definition) is 0. The maximum Gasteiger partial charge on any atom is 0.416 e. The van der Waals surface area contributed by atoms with Crippen LogP contribution >= 0.6 is 11.6 Å². The van der Waals surface area contributed by atoms with E-state index in [-0.39, 0.29) is 5.56 Å². The molecular formula is C23H18ClF3N2O2. The second-order valence-corrected chi connectivity index (χ2v) is 8.28. The third kappa shape index (κ3) is 3.37. The highest BCUT2D eigenvalue weighted by Gasteiger charge is 2.44. The summed E-state index contributed by atoms with van der Waals surface area (Å²) in [6.45, 7) is 0.742. The summed E-state index contributed by atoms with van der Waals surface area (Å²) in [5.74, 6) is 0.268. The number of carbonyl (C=O) groups is 1. The van der Waals surface area contributed by atoms with Crippen molar-refractivity contribution in [2.24, 2.45) is 0 Å². The molecule has 1 spiro atoms. The first-order valence-corrected chi connectivity index (χ1v) is 10.3. The lowest BCUT2D eigenvalue weighted by molar-refractivity contribution is -0.137. The molecule has 2 aromatic carbocycles. The lowest BCUT2D eigenvalue weighted by atomic mass is 9.86. The van der Waals surface area contributed by atoms with E-state index in [0.717, 1.165) is 23.5 Å². The Morgan fingerprint density at radius 3 is 2.55 bits per heavy atom. The van der Waals surface area contributed by atoms with Crippen molar-refractivity contribution in [3.8, 4) is 11.4 Å². The number of nitrogens with zero attached hydrogens (tertiary/aromatic N) is 2. The number of fused-ring (bicyclic) bond motifs is 4. The van der Waals surface area contributed by atoms with Gasteiger partial charge >= 0.3 is 6.18 Å². The summed E-state index contributed by atoms with van der Waals surface area (Å²) >= 11 is 6.16. The smallest absolute Gasteiger partial charge is 0.416 e. The molecule has 1 fully saturated rings. The van der Waals surface area contributed by atoms with Crippen LogP contribution in [0.2, 0.25) is 5.02 Å². The topological polar surface area (TPSA) is 34.5 Å². The van der Waals surface area contributed by atoms with Crippen LogP contribution in [0.15, 0.2) is 60.8 Å². The van der Waals surface area contributed by atoms with Crippen LogP contribution in [-0.4, -0.2) is 28.5 Å². The summed E-state index contributed by atoms with van der Waals surface area (Å²) in [6, 6.07) is 14.0. The molecule has 0 N–H and O–H groups in total. The first-order chi connectivity index (χ1) is 14.8. The minimum atomic E-state index is -4.49. The molecule has 1 amide bonds. The second kappa shape index (κ2) is 7.05. The van der Waals surface area contributed by atoms with Crippen LogP contribution in [0.3, 0.4) is 0 Å². The molecule has 5 rings (SSSR count). The van der Waals surface area contributed by atoms with E-state index in [1.165, 1.54) is 12.1 Å². The highest BCUT2D eigenvalue weighted by Crippen LogP contribution is 2.45. The van der Waals surface area contributed by atoms with Gasteiger partial charge in [0, 0.05) is 48.8 Å². The number of halogens is 4. The van der Waals surface area contributed by atoms with E-state index < -0.39 is 23.2 Å². The number of rotatable bonds is 1. The Hall–Kier alpha value is -2.93. The molecule has 8 heteroatoms. The largest absolute Gasteiger partial charge is 0.479 e. The molecule has 160 valence electrons. The van der Waals surface area contributed by atoms with Crippen molar-refractivity contribution in [1.82, 2.24) is 9.47 Å². The Labute approximate surface area is 181 Å². The number of carbonyl (C=O) groups excluding carboxylic acids is 1. The van der Waals surface area contributed by atoms with Gasteiger partial charge in [-0.2, -0.15) is 13.2 Å². The van der Waals surface area contributed by atoms with Gasteiger partial charge in [-0.25, -0.2) is 0 Å². The number of alkyl halides is 3. The van der Waals surface area contributed by atoms with Gasteiger partial charge in [-0.05, 0) is 42.5 Å². The molecule has 3 aromatic rings. The Balaban J connectivity index is 1.39. The minimum absolute atomic E-state index is 0.0378. The number of benzene rings is 2. The van der Waals surface area contributed by atoms with Crippen molar-refractivity contribution < 1.29 is 22.7 Å². The van der Waals surface area contributed by atoms with E-state index in [1.54, 1.807) is 11.0 Å². The molecule has 2 aliphatic rings. The maximum absolute atomic E-state index is 13.0. The van der Waals surface area contributed by atoms with Gasteiger partial charge in [0.2, 0.25) is 0 Å². The summed E-state index contributed by atoms with van der Waals surface area (Å²) in [4.78, 5) is 14.5. The Kier molecular flexibility index (Phi) is 4.55. The van der Waals surface area contributed by atoms with Crippen molar-refractivity contribution >= 4 is 17.5 Å². The van der Waals surface area contributed by atoms with Crippen LogP contribution in [0.5, 0.6) is 5.75 Å². The summed E-state index contributed by atoms with van der Waals surface area (Å²) in [5, 5.41) is 0.571. The highest BCUT2D eigenvalue weighted by atomic mass is 35.5. The Morgan fingerprint density at radius 2 is 1.81 bits per heavy atom. The van der Waals surface area contributed by atoms with Crippen molar-refractivity contribution in [3.05, 3.63) is 82.6 Å². The fourth-order valence-electron chi connectivity index (χ4n) is 4.43. The zero-order chi connectivity index (χ0) is 21.8. The molecule has 31 heavy (non-hydrogen) atoms. The number of ether oxygens (including phenoxy) is 1. The predicted molar refractivity (Wildman–Crippen MR) is 110 cm³/mol. The average Bonchev–Trinajstić information content (AvgIpc) is 3.24. The van der Waals surface area contributed by atoms with E-state index in [2.05, 4.69) is 4.57 Å². The quantitative estimate of drug-likeness (QED) is 0.482. The average molecular weight is 447 g/mol. The van der Waals surface area contributed by atoms with Crippen LogP contribution in [0.4, 0.5) is 13.2 Å². The molecule has 0 atom stereocenters. The van der Waals surface area contributed by atoms with E-state index in [4.69, 9.17) is 16.3 Å². The monoisotopic (exact) mass is 446 g/mol. The van der Waals surface area contributed by atoms with Crippen LogP contribution in [-0.2, 0) is 11.8 Å². The third-order valence-electron chi connectivity index (χ3n) is 6.00. The molecule has 1 aromatic heterocycles. The minimum Gasteiger partial charge on any atom is -0.479 e. The first kappa shape index (κ1) is 20.0. The van der Waals surface area contributed by atoms with Gasteiger partial charge < -0.3 is 14.2 Å². The van der Waals surface area contributed by atoms with Gasteiger partial charge in [-0.3, -0.25) is 4.79 Å². The number of piperidine rings is 1. The maximum atomic E-state index is 13.0. The fraction of sp³-hybridized carbons (Fsp3) is 0.261. The van der Waals surface area contributed by atoms with E-state index >= 15 is 0 Å². The summed E-state index contributed by atoms with van der Waals surface area (Å²) in [7, 11) is 0. The van der Waals surface area contributed by atoms with Crippen LogP contribution < -0.4 is 4.74 Å². The number of aromatic nitrogens is 1. The SMILES string of the molecule is O=C(c1cccc(C(F)(F)F)c1)N1CCC2(CC1)Oc1cc(Cl)ccc1-n1cccc12. The van der Waals surface area contributed by atoms with Gasteiger partial charge in [0.1, 0.15) is 5.75 Å². The van der Waals surface area contributed by atoms with E-state index in [0.29, 0.717) is 36.7 Å². The highest BCUT2D eigenvalue weighted by molar-refractivity contribution is 6.30. The normalized spacial score (nSPS) is 17.1. The molecule has 0 saturated carbocycles. The standard InChI is InChI=1S/C23H18ClF3N2O2/c24-17-6-7-18-19(14-17)31-22(20-5-2-10-29(18)20)8-11-28(12-9-22)21(30)15-3-1-4-16(13-15)23(25,26)27/h1-7,10,13-14H,8-9,11-12H2. The van der Waals surface area contributed by atoms with Crippen LogP contribution in [0.1, 0.15) is 34.5 Å². The Morgan fingerprint density at radius 1 is 1.03 bits per heavy atom. The van der Waals surface area contributed by atoms with E-state index in [1.807, 2.05) is 30.5 Å². The summed E-state index contributed by atoms with van der Waals surface area (Å²) < 4.78 is 47.6. The fourth-order valence-corrected chi connectivity index (χ4v) is 4.60. The molecule has 1 saturated heterocycles. The van der Waals surface area contributed by atoms with Crippen LogP contribution in [0.25, 0.3) is 5.69 Å². The molecular weight excluding hydrogens is 429 g/mol. The van der Waals surface area contributed by atoms with Gasteiger partial charge in [0.15, 0.2) is 5.60 Å². The lowest BCUT2D eigenvalue weighted by Gasteiger charge is -2.45. The first-order valence-electron chi connectivity index (χ1n) is 9.90. The molecule has 3 heterocycles. The second-order valence-electron chi connectivity index (χ2n) is 7.84. The van der Waals surface area contributed by atoms with Gasteiger partial charge in [0.25, 0.3) is 5.91 Å². The number of hydrogen-bond acceptors (Lipinski definition) is 2. The van der Waals surface area contributed by atoms with Crippen molar-refractivity contribution in [1.29, 1.82) is 0 Å². The van der Waals surface area contributed by atoms with E-state index in [9.17, 15) is 18.0 Å². The lowest BCUT2D eigenvalue weighted by Crippen LogP contribution is -2.50. The predicted octanol–water partition coefficient (Wildman–Crippen LogP) is 5.67. The Bertz CT molecular complexity index is 1160. The molecule has 0 bridgehead atoms. The summed E-state index contributed by atoms with van der Waals surface area (Å²) in [6.07, 6.45) is -1.48. The van der Waals surface area contributed by atoms with Gasteiger partial charge in [0.05, 0.1) is 16.9 Å². The summed E-state index contributed by atoms with van der Waals surface area (Å²) in [5.41, 5.74) is 0.488. The number of amides is 1. The third-order valence-corrected chi connectivity index (χ3v) is 6.23. The number of likely N-dealkylation sites (tertiary alicyclic amines) is 1. The van der Waals surface area contributed by atoms with Gasteiger partial charge in [-0.15, -0.1) is 0 Å². The van der Waals surface area contributed by atoms with Crippen LogP contribution in [0, 0.1) is 0 Å². The molecule has 0 unspecified atom stereocenters. The molecule has 4 nitrogen and oxygen atoms in total.